The number of amides is 2. The van der Waals surface area contributed by atoms with Crippen molar-refractivity contribution in [1.82, 2.24) is 5.32 Å². The molecule has 6 heteroatoms. The van der Waals surface area contributed by atoms with Crippen molar-refractivity contribution >= 4 is 23.6 Å². The molecule has 1 aliphatic heterocycles. The topological polar surface area (TPSA) is 76.7 Å². The van der Waals surface area contributed by atoms with Gasteiger partial charge in [0.05, 0.1) is 24.5 Å². The molecule has 1 unspecified atom stereocenters. The normalized spacial score (nSPS) is 16.0. The summed E-state index contributed by atoms with van der Waals surface area (Å²) in [6.45, 7) is 3.18. The molecule has 0 spiro atoms. The minimum Gasteiger partial charge on any atom is -0.496 e. The van der Waals surface area contributed by atoms with E-state index in [0.29, 0.717) is 23.5 Å². The Morgan fingerprint density at radius 2 is 2.07 bits per heavy atom. The van der Waals surface area contributed by atoms with Crippen LogP contribution in [0.2, 0.25) is 0 Å². The number of hydrogen-bond acceptors (Lipinski definition) is 4. The third-order valence-corrected chi connectivity index (χ3v) is 4.74. The van der Waals surface area contributed by atoms with Crippen molar-refractivity contribution in [1.29, 1.82) is 0 Å². The van der Waals surface area contributed by atoms with Crippen LogP contribution in [0.3, 0.4) is 0 Å². The van der Waals surface area contributed by atoms with E-state index >= 15 is 0 Å². The maximum atomic E-state index is 12.6. The summed E-state index contributed by atoms with van der Waals surface area (Å²) in [4.78, 5) is 25.0. The van der Waals surface area contributed by atoms with Crippen molar-refractivity contribution in [3.8, 4) is 5.75 Å². The van der Waals surface area contributed by atoms with E-state index in [4.69, 9.17) is 9.47 Å². The summed E-state index contributed by atoms with van der Waals surface area (Å²) in [6.07, 6.45) is 5.16. The molecule has 152 valence electrons. The Hall–Kier alpha value is -3.12. The molecule has 0 radical (unpaired) electrons. The van der Waals surface area contributed by atoms with Crippen molar-refractivity contribution in [3.05, 3.63) is 65.2 Å². The van der Waals surface area contributed by atoms with Crippen molar-refractivity contribution in [2.75, 3.05) is 25.6 Å². The lowest BCUT2D eigenvalue weighted by Gasteiger charge is -2.13. The first-order valence-corrected chi connectivity index (χ1v) is 9.69. The summed E-state index contributed by atoms with van der Waals surface area (Å²) in [5, 5.41) is 5.67. The van der Waals surface area contributed by atoms with E-state index in [1.54, 1.807) is 37.5 Å². The molecule has 1 fully saturated rings. The van der Waals surface area contributed by atoms with Crippen LogP contribution in [0.5, 0.6) is 5.75 Å². The Kier molecular flexibility index (Phi) is 7.03. The average molecular weight is 394 g/mol. The van der Waals surface area contributed by atoms with Gasteiger partial charge >= 0.3 is 0 Å². The predicted molar refractivity (Wildman–Crippen MR) is 113 cm³/mol. The van der Waals surface area contributed by atoms with Gasteiger partial charge in [-0.2, -0.15) is 0 Å². The molecule has 0 aromatic heterocycles. The van der Waals surface area contributed by atoms with E-state index < -0.39 is 0 Å². The zero-order valence-corrected chi connectivity index (χ0v) is 16.7. The SMILES string of the molecule is COc1ccc(C)cc1/C=C/C(=O)Nc1ccccc1C(=O)NCC1CCCO1. The Morgan fingerprint density at radius 1 is 1.24 bits per heavy atom. The molecule has 1 atom stereocenters. The van der Waals surface area contributed by atoms with Gasteiger partial charge in [0.15, 0.2) is 0 Å². The molecular weight excluding hydrogens is 368 g/mol. The van der Waals surface area contributed by atoms with Gasteiger partial charge in [0.1, 0.15) is 5.75 Å². The van der Waals surface area contributed by atoms with E-state index in [2.05, 4.69) is 10.6 Å². The van der Waals surface area contributed by atoms with Crippen LogP contribution < -0.4 is 15.4 Å². The molecule has 2 aromatic rings. The molecule has 6 nitrogen and oxygen atoms in total. The molecule has 0 saturated carbocycles. The number of carbonyl (C=O) groups excluding carboxylic acids is 2. The van der Waals surface area contributed by atoms with Gasteiger partial charge in [-0.3, -0.25) is 9.59 Å². The van der Waals surface area contributed by atoms with Crippen LogP contribution in [-0.2, 0) is 9.53 Å². The minimum absolute atomic E-state index is 0.0629. The van der Waals surface area contributed by atoms with Gasteiger partial charge in [0.25, 0.3) is 5.91 Å². The number of hydrogen-bond donors (Lipinski definition) is 2. The lowest BCUT2D eigenvalue weighted by molar-refractivity contribution is -0.111. The van der Waals surface area contributed by atoms with Crippen molar-refractivity contribution in [2.24, 2.45) is 0 Å². The molecule has 0 bridgehead atoms. The molecule has 2 amide bonds. The highest BCUT2D eigenvalue weighted by molar-refractivity contribution is 6.07. The Morgan fingerprint density at radius 3 is 2.83 bits per heavy atom. The van der Waals surface area contributed by atoms with E-state index in [-0.39, 0.29) is 17.9 Å². The fourth-order valence-corrected chi connectivity index (χ4v) is 3.22. The number of ether oxygens (including phenoxy) is 2. The van der Waals surface area contributed by atoms with Crippen molar-refractivity contribution in [2.45, 2.75) is 25.9 Å². The number of anilines is 1. The number of carbonyl (C=O) groups is 2. The van der Waals surface area contributed by atoms with E-state index in [9.17, 15) is 9.59 Å². The van der Waals surface area contributed by atoms with Gasteiger partial charge < -0.3 is 20.1 Å². The smallest absolute Gasteiger partial charge is 0.253 e. The zero-order chi connectivity index (χ0) is 20.6. The zero-order valence-electron chi connectivity index (χ0n) is 16.7. The summed E-state index contributed by atoms with van der Waals surface area (Å²) in [5.74, 6) is 0.127. The number of rotatable bonds is 7. The van der Waals surface area contributed by atoms with Crippen LogP contribution in [0.4, 0.5) is 5.69 Å². The second-order valence-corrected chi connectivity index (χ2v) is 6.96. The molecule has 0 aliphatic carbocycles. The van der Waals surface area contributed by atoms with Gasteiger partial charge in [0.2, 0.25) is 5.91 Å². The summed E-state index contributed by atoms with van der Waals surface area (Å²) in [5.41, 5.74) is 2.76. The van der Waals surface area contributed by atoms with Gasteiger partial charge in [0, 0.05) is 24.8 Å². The first-order valence-electron chi connectivity index (χ1n) is 9.69. The maximum Gasteiger partial charge on any atom is 0.253 e. The first kappa shape index (κ1) is 20.6. The van der Waals surface area contributed by atoms with Gasteiger partial charge in [-0.15, -0.1) is 0 Å². The van der Waals surface area contributed by atoms with Crippen LogP contribution >= 0.6 is 0 Å². The van der Waals surface area contributed by atoms with Gasteiger partial charge in [-0.25, -0.2) is 0 Å². The third kappa shape index (κ3) is 5.68. The second-order valence-electron chi connectivity index (χ2n) is 6.96. The molecule has 2 N–H and O–H groups in total. The fraction of sp³-hybridized carbons (Fsp3) is 0.304. The fourth-order valence-electron chi connectivity index (χ4n) is 3.22. The van der Waals surface area contributed by atoms with E-state index in [1.165, 1.54) is 6.08 Å². The summed E-state index contributed by atoms with van der Waals surface area (Å²) in [7, 11) is 1.59. The van der Waals surface area contributed by atoms with Crippen LogP contribution in [0.15, 0.2) is 48.5 Å². The molecule has 29 heavy (non-hydrogen) atoms. The molecule has 1 saturated heterocycles. The molecule has 3 rings (SSSR count). The summed E-state index contributed by atoms with van der Waals surface area (Å²) in [6, 6.07) is 12.7. The number of para-hydroxylation sites is 1. The summed E-state index contributed by atoms with van der Waals surface area (Å²) < 4.78 is 10.9. The quantitative estimate of drug-likeness (QED) is 0.704. The lowest BCUT2D eigenvalue weighted by atomic mass is 10.1. The number of methoxy groups -OCH3 is 1. The Balaban J connectivity index is 1.66. The lowest BCUT2D eigenvalue weighted by Crippen LogP contribution is -2.32. The Bertz CT molecular complexity index is 902. The highest BCUT2D eigenvalue weighted by atomic mass is 16.5. The predicted octanol–water partition coefficient (Wildman–Crippen LogP) is 3.56. The van der Waals surface area contributed by atoms with Crippen molar-refractivity contribution in [3.63, 3.8) is 0 Å². The number of benzene rings is 2. The van der Waals surface area contributed by atoms with E-state index in [1.807, 2.05) is 25.1 Å². The van der Waals surface area contributed by atoms with Crippen molar-refractivity contribution < 1.29 is 19.1 Å². The molecular formula is C23H26N2O4. The van der Waals surface area contributed by atoms with Crippen LogP contribution in [0, 0.1) is 6.92 Å². The van der Waals surface area contributed by atoms with Gasteiger partial charge in [-0.1, -0.05) is 23.8 Å². The highest BCUT2D eigenvalue weighted by Gasteiger charge is 2.18. The molecule has 2 aromatic carbocycles. The molecule has 1 aliphatic rings. The highest BCUT2D eigenvalue weighted by Crippen LogP contribution is 2.21. The average Bonchev–Trinajstić information content (AvgIpc) is 3.25. The number of aryl methyl sites for hydroxylation is 1. The maximum absolute atomic E-state index is 12.6. The standard InChI is InChI=1S/C23H26N2O4/c1-16-9-11-21(28-2)17(14-16)10-12-22(26)25-20-8-4-3-7-19(20)23(27)24-15-18-6-5-13-29-18/h3-4,7-12,14,18H,5-6,13,15H2,1-2H3,(H,24,27)(H,25,26)/b12-10+. The summed E-state index contributed by atoms with van der Waals surface area (Å²) >= 11 is 0. The van der Waals surface area contributed by atoms with Crippen LogP contribution in [0.25, 0.3) is 6.08 Å². The van der Waals surface area contributed by atoms with Crippen LogP contribution in [0.1, 0.15) is 34.3 Å². The molecule has 1 heterocycles. The third-order valence-electron chi connectivity index (χ3n) is 4.74. The Labute approximate surface area is 170 Å². The first-order chi connectivity index (χ1) is 14.1. The monoisotopic (exact) mass is 394 g/mol. The van der Waals surface area contributed by atoms with Crippen LogP contribution in [-0.4, -0.2) is 38.2 Å². The minimum atomic E-state index is -0.326. The van der Waals surface area contributed by atoms with E-state index in [0.717, 1.165) is 30.6 Å². The largest absolute Gasteiger partial charge is 0.496 e. The van der Waals surface area contributed by atoms with Gasteiger partial charge in [-0.05, 0) is 50.1 Å². The second kappa shape index (κ2) is 9.89. The number of nitrogens with one attached hydrogen (secondary N) is 2.